The number of amides is 3. The van der Waals surface area contributed by atoms with Crippen LogP contribution in [0.3, 0.4) is 0 Å². The third-order valence-electron chi connectivity index (χ3n) is 8.72. The van der Waals surface area contributed by atoms with Gasteiger partial charge in [0.25, 0.3) is 5.91 Å². The van der Waals surface area contributed by atoms with E-state index in [0.29, 0.717) is 31.2 Å². The molecule has 36 heavy (non-hydrogen) atoms. The average Bonchev–Trinajstić information content (AvgIpc) is 3.27. The zero-order valence-corrected chi connectivity index (χ0v) is 21.9. The van der Waals surface area contributed by atoms with Gasteiger partial charge in [-0.3, -0.25) is 19.1 Å². The zero-order valence-electron chi connectivity index (χ0n) is 21.9. The highest BCUT2D eigenvalue weighted by Gasteiger charge is 2.32. The van der Waals surface area contributed by atoms with E-state index in [1.165, 1.54) is 38.8 Å². The molecule has 0 spiro atoms. The molecule has 5 rings (SSSR count). The Balaban J connectivity index is 1.12. The van der Waals surface area contributed by atoms with Crippen LogP contribution in [-0.2, 0) is 29.6 Å². The van der Waals surface area contributed by atoms with Crippen molar-refractivity contribution in [2.75, 3.05) is 45.8 Å². The van der Waals surface area contributed by atoms with Gasteiger partial charge in [-0.1, -0.05) is 6.42 Å². The molecule has 4 aliphatic rings. The summed E-state index contributed by atoms with van der Waals surface area (Å²) in [6.07, 6.45) is 10.5. The van der Waals surface area contributed by atoms with Crippen LogP contribution in [0.4, 0.5) is 0 Å². The Hall–Kier alpha value is -2.42. The van der Waals surface area contributed by atoms with Gasteiger partial charge in [0.2, 0.25) is 11.8 Å². The Bertz CT molecular complexity index is 955. The number of likely N-dealkylation sites (tertiary alicyclic amines) is 3. The number of nitrogens with zero attached hydrogens (tertiary/aromatic N) is 6. The smallest absolute Gasteiger partial charge is 0.274 e. The van der Waals surface area contributed by atoms with Crippen molar-refractivity contribution in [2.24, 2.45) is 7.05 Å². The van der Waals surface area contributed by atoms with Crippen molar-refractivity contribution in [1.82, 2.24) is 29.4 Å². The predicted molar refractivity (Wildman–Crippen MR) is 136 cm³/mol. The minimum atomic E-state index is -0.0102. The second kappa shape index (κ2) is 11.3. The van der Waals surface area contributed by atoms with Crippen LogP contribution >= 0.6 is 0 Å². The fraction of sp³-hybridized carbons (Fsp3) is 0.778. The fourth-order valence-electron chi connectivity index (χ4n) is 6.52. The third kappa shape index (κ3) is 5.45. The molecule has 4 aliphatic heterocycles. The van der Waals surface area contributed by atoms with Crippen LogP contribution in [0, 0.1) is 0 Å². The van der Waals surface area contributed by atoms with Gasteiger partial charge in [0.05, 0.1) is 0 Å². The molecule has 198 valence electrons. The first kappa shape index (κ1) is 25.2. The van der Waals surface area contributed by atoms with E-state index in [2.05, 4.69) is 10.00 Å². The maximum atomic E-state index is 13.2. The maximum Gasteiger partial charge on any atom is 0.274 e. The molecule has 1 aromatic heterocycles. The highest BCUT2D eigenvalue weighted by atomic mass is 16.2. The summed E-state index contributed by atoms with van der Waals surface area (Å²) >= 11 is 0. The van der Waals surface area contributed by atoms with Crippen LogP contribution < -0.4 is 0 Å². The van der Waals surface area contributed by atoms with E-state index in [1.807, 2.05) is 26.4 Å². The zero-order chi connectivity index (χ0) is 25.1. The first-order valence-electron chi connectivity index (χ1n) is 14.1. The van der Waals surface area contributed by atoms with Crippen molar-refractivity contribution < 1.29 is 14.4 Å². The van der Waals surface area contributed by atoms with Gasteiger partial charge in [-0.15, -0.1) is 0 Å². The number of rotatable bonds is 5. The Kier molecular flexibility index (Phi) is 7.93. The van der Waals surface area contributed by atoms with Crippen LogP contribution in [-0.4, -0.2) is 99.0 Å². The minimum Gasteiger partial charge on any atom is -0.343 e. The molecule has 0 aromatic carbocycles. The summed E-state index contributed by atoms with van der Waals surface area (Å²) in [5.41, 5.74) is 2.44. The highest BCUT2D eigenvalue weighted by Crippen LogP contribution is 2.26. The lowest BCUT2D eigenvalue weighted by atomic mass is 9.99. The van der Waals surface area contributed by atoms with Gasteiger partial charge in [-0.25, -0.2) is 0 Å². The van der Waals surface area contributed by atoms with Gasteiger partial charge in [-0.2, -0.15) is 5.10 Å². The molecule has 3 saturated heterocycles. The lowest BCUT2D eigenvalue weighted by Gasteiger charge is -2.40. The number of fused-ring (bicyclic) bond motifs is 1. The summed E-state index contributed by atoms with van der Waals surface area (Å²) in [6, 6.07) is 0.611. The highest BCUT2D eigenvalue weighted by molar-refractivity contribution is 5.94. The van der Waals surface area contributed by atoms with Crippen molar-refractivity contribution >= 4 is 17.7 Å². The minimum absolute atomic E-state index is 0.00238. The standard InChI is InChI=1S/C27H42N6O3/c1-29-23-12-19-33(20-22(23)26(28-29)27(36)32-15-6-3-7-16-32)25(35)9-8-24(34)31-17-10-21(11-18-31)30-13-4-2-5-14-30/h21H,2-20H2,1H3. The van der Waals surface area contributed by atoms with Gasteiger partial charge in [0.15, 0.2) is 5.69 Å². The number of piperidine rings is 3. The number of hydrogen-bond acceptors (Lipinski definition) is 5. The van der Waals surface area contributed by atoms with E-state index >= 15 is 0 Å². The summed E-state index contributed by atoms with van der Waals surface area (Å²) in [4.78, 5) is 47.4. The number of carbonyl (C=O) groups is 3. The van der Waals surface area contributed by atoms with Crippen LogP contribution in [0.25, 0.3) is 0 Å². The molecule has 3 amide bonds. The van der Waals surface area contributed by atoms with E-state index in [-0.39, 0.29) is 30.6 Å². The molecule has 0 radical (unpaired) electrons. The molecule has 5 heterocycles. The molecule has 0 N–H and O–H groups in total. The molecule has 0 atom stereocenters. The molecule has 0 aliphatic carbocycles. The van der Waals surface area contributed by atoms with Crippen LogP contribution in [0.1, 0.15) is 86.0 Å². The summed E-state index contributed by atoms with van der Waals surface area (Å²) in [7, 11) is 1.89. The molecule has 0 bridgehead atoms. The first-order valence-corrected chi connectivity index (χ1v) is 14.1. The predicted octanol–water partition coefficient (Wildman–Crippen LogP) is 2.19. The van der Waals surface area contributed by atoms with Gasteiger partial charge in [0.1, 0.15) is 0 Å². The molecule has 9 nitrogen and oxygen atoms in total. The van der Waals surface area contributed by atoms with E-state index in [0.717, 1.165) is 63.1 Å². The van der Waals surface area contributed by atoms with Gasteiger partial charge in [-0.05, 0) is 58.0 Å². The second-order valence-electron chi connectivity index (χ2n) is 11.0. The molecule has 1 aromatic rings. The molecular weight excluding hydrogens is 456 g/mol. The molecule has 9 heteroatoms. The van der Waals surface area contributed by atoms with Crippen LogP contribution in [0.5, 0.6) is 0 Å². The SMILES string of the molecule is Cn1nc(C(=O)N2CCCCC2)c2c1CCN(C(=O)CCC(=O)N1CCC(N3CCCCC3)CC1)C2. The van der Waals surface area contributed by atoms with Crippen LogP contribution in [0.2, 0.25) is 0 Å². The van der Waals surface area contributed by atoms with Crippen molar-refractivity contribution in [1.29, 1.82) is 0 Å². The first-order chi connectivity index (χ1) is 17.5. The van der Waals surface area contributed by atoms with Gasteiger partial charge < -0.3 is 19.6 Å². The summed E-state index contributed by atoms with van der Waals surface area (Å²) in [6.45, 7) is 6.59. The monoisotopic (exact) mass is 498 g/mol. The quantitative estimate of drug-likeness (QED) is 0.622. The molecule has 3 fully saturated rings. The molecule has 0 unspecified atom stereocenters. The lowest BCUT2D eigenvalue weighted by Crippen LogP contribution is -2.48. The normalized spacial score (nSPS) is 22.0. The topological polar surface area (TPSA) is 82.0 Å². The van der Waals surface area contributed by atoms with Gasteiger partial charge in [0, 0.05) is 82.9 Å². The maximum absolute atomic E-state index is 13.2. The Morgan fingerprint density at radius 1 is 0.750 bits per heavy atom. The van der Waals surface area contributed by atoms with Crippen molar-refractivity contribution in [3.63, 3.8) is 0 Å². The van der Waals surface area contributed by atoms with Crippen molar-refractivity contribution in [3.8, 4) is 0 Å². The van der Waals surface area contributed by atoms with Crippen molar-refractivity contribution in [2.45, 2.75) is 83.2 Å². The molecular formula is C27H42N6O3. The Labute approximate surface area is 214 Å². The van der Waals surface area contributed by atoms with E-state index < -0.39 is 0 Å². The van der Waals surface area contributed by atoms with E-state index in [1.54, 1.807) is 0 Å². The largest absolute Gasteiger partial charge is 0.343 e. The molecule has 0 saturated carbocycles. The number of aryl methyl sites for hydroxylation is 1. The number of aromatic nitrogens is 2. The Morgan fingerprint density at radius 3 is 2.03 bits per heavy atom. The average molecular weight is 499 g/mol. The van der Waals surface area contributed by atoms with Crippen molar-refractivity contribution in [3.05, 3.63) is 17.0 Å². The van der Waals surface area contributed by atoms with E-state index in [9.17, 15) is 14.4 Å². The second-order valence-corrected chi connectivity index (χ2v) is 11.0. The Morgan fingerprint density at radius 2 is 1.36 bits per heavy atom. The van der Waals surface area contributed by atoms with E-state index in [4.69, 9.17) is 0 Å². The third-order valence-corrected chi connectivity index (χ3v) is 8.72. The number of hydrogen-bond donors (Lipinski definition) is 0. The van der Waals surface area contributed by atoms with Gasteiger partial charge >= 0.3 is 0 Å². The summed E-state index contributed by atoms with van der Waals surface area (Å²) in [5, 5.41) is 4.56. The van der Waals surface area contributed by atoms with Crippen LogP contribution in [0.15, 0.2) is 0 Å². The lowest BCUT2D eigenvalue weighted by molar-refractivity contribution is -0.138. The summed E-state index contributed by atoms with van der Waals surface area (Å²) in [5.74, 6) is 0.0851. The number of carbonyl (C=O) groups excluding carboxylic acids is 3. The fourth-order valence-corrected chi connectivity index (χ4v) is 6.52. The summed E-state index contributed by atoms with van der Waals surface area (Å²) < 4.78 is 1.81.